The Bertz CT molecular complexity index is 487. The molecule has 4 nitrogen and oxygen atoms in total. The van der Waals surface area contributed by atoms with Crippen LogP contribution >= 0.6 is 11.6 Å². The smallest absolute Gasteiger partial charge is 0.254 e. The van der Waals surface area contributed by atoms with Crippen molar-refractivity contribution in [3.63, 3.8) is 0 Å². The number of nitrogens with one attached hydrogen (secondary N) is 1. The van der Waals surface area contributed by atoms with Crippen LogP contribution in [0.15, 0.2) is 18.2 Å². The van der Waals surface area contributed by atoms with Gasteiger partial charge in [-0.25, -0.2) is 0 Å². The first-order valence-corrected chi connectivity index (χ1v) is 7.78. The zero-order chi connectivity index (χ0) is 15.2. The molecule has 1 atom stereocenters. The summed E-state index contributed by atoms with van der Waals surface area (Å²) in [4.78, 5) is 14.7. The summed E-state index contributed by atoms with van der Waals surface area (Å²) in [6, 6.07) is 5.85. The van der Waals surface area contributed by atoms with Crippen molar-refractivity contribution in [2.45, 2.75) is 25.8 Å². The molecule has 1 amide bonds. The lowest BCUT2D eigenvalue weighted by Gasteiger charge is -2.26. The van der Waals surface area contributed by atoms with Crippen LogP contribution in [0.5, 0.6) is 0 Å². The van der Waals surface area contributed by atoms with Crippen LogP contribution in [0.25, 0.3) is 0 Å². The number of halogens is 1. The zero-order valence-electron chi connectivity index (χ0n) is 12.7. The zero-order valence-corrected chi connectivity index (χ0v) is 13.4. The molecule has 1 aromatic rings. The number of benzene rings is 1. The lowest BCUT2D eigenvalue weighted by Crippen LogP contribution is -2.42. The number of carbonyl (C=O) groups is 1. The monoisotopic (exact) mass is 310 g/mol. The molecule has 0 aromatic heterocycles. The number of rotatable bonds is 6. The summed E-state index contributed by atoms with van der Waals surface area (Å²) >= 11 is 6.13. The van der Waals surface area contributed by atoms with Crippen LogP contribution in [0, 0.1) is 6.92 Å². The Morgan fingerprint density at radius 1 is 1.52 bits per heavy atom. The van der Waals surface area contributed by atoms with Gasteiger partial charge in [0.15, 0.2) is 0 Å². The Kier molecular flexibility index (Phi) is 6.03. The molecule has 1 aliphatic heterocycles. The van der Waals surface area contributed by atoms with E-state index < -0.39 is 0 Å². The van der Waals surface area contributed by atoms with Crippen LogP contribution in [0.4, 0.5) is 0 Å². The number of amides is 1. The summed E-state index contributed by atoms with van der Waals surface area (Å²) in [5.74, 6) is 0.0285. The maximum absolute atomic E-state index is 12.8. The van der Waals surface area contributed by atoms with Crippen molar-refractivity contribution in [3.8, 4) is 0 Å². The third-order valence-corrected chi connectivity index (χ3v) is 4.36. The van der Waals surface area contributed by atoms with Gasteiger partial charge in [0, 0.05) is 36.8 Å². The Morgan fingerprint density at radius 3 is 3.00 bits per heavy atom. The predicted molar refractivity (Wildman–Crippen MR) is 85.0 cm³/mol. The van der Waals surface area contributed by atoms with Crippen molar-refractivity contribution in [2.75, 3.05) is 33.4 Å². The fraction of sp³-hybridized carbons (Fsp3) is 0.562. The van der Waals surface area contributed by atoms with Gasteiger partial charge in [0.05, 0.1) is 6.61 Å². The molecule has 1 fully saturated rings. The van der Waals surface area contributed by atoms with Gasteiger partial charge in [0.2, 0.25) is 0 Å². The lowest BCUT2D eigenvalue weighted by atomic mass is 10.1. The summed E-state index contributed by atoms with van der Waals surface area (Å²) < 4.78 is 5.14. The third-order valence-electron chi connectivity index (χ3n) is 3.95. The number of methoxy groups -OCH3 is 1. The van der Waals surface area contributed by atoms with Crippen LogP contribution in [0.1, 0.15) is 28.8 Å². The standard InChI is InChI=1S/C16H23ClN2O2/c1-12-14(6-3-7-15(12)17)16(20)19(9-10-21-2)11-13-5-4-8-18-13/h3,6-7,13,18H,4-5,8-11H2,1-2H3. The van der Waals surface area contributed by atoms with E-state index in [4.69, 9.17) is 16.3 Å². The van der Waals surface area contributed by atoms with Gasteiger partial charge in [-0.2, -0.15) is 0 Å². The van der Waals surface area contributed by atoms with Crippen molar-refractivity contribution in [3.05, 3.63) is 34.3 Å². The number of carbonyl (C=O) groups excluding carboxylic acids is 1. The number of hydrogen-bond donors (Lipinski definition) is 1. The summed E-state index contributed by atoms with van der Waals surface area (Å²) in [7, 11) is 1.65. The van der Waals surface area contributed by atoms with Crippen molar-refractivity contribution in [1.82, 2.24) is 10.2 Å². The number of ether oxygens (including phenoxy) is 1. The van der Waals surface area contributed by atoms with E-state index in [1.165, 1.54) is 6.42 Å². The number of hydrogen-bond acceptors (Lipinski definition) is 3. The molecule has 0 aliphatic carbocycles. The van der Waals surface area contributed by atoms with E-state index >= 15 is 0 Å². The van der Waals surface area contributed by atoms with Gasteiger partial charge >= 0.3 is 0 Å². The van der Waals surface area contributed by atoms with Gasteiger partial charge in [0.25, 0.3) is 5.91 Å². The molecular formula is C16H23ClN2O2. The van der Waals surface area contributed by atoms with Crippen LogP contribution in [0.2, 0.25) is 5.02 Å². The average Bonchev–Trinajstić information content (AvgIpc) is 2.98. The maximum Gasteiger partial charge on any atom is 0.254 e. The fourth-order valence-electron chi connectivity index (χ4n) is 2.67. The van der Waals surface area contributed by atoms with E-state index in [9.17, 15) is 4.79 Å². The molecule has 1 aromatic carbocycles. The minimum Gasteiger partial charge on any atom is -0.383 e. The molecule has 2 rings (SSSR count). The van der Waals surface area contributed by atoms with E-state index in [1.807, 2.05) is 30.0 Å². The van der Waals surface area contributed by atoms with Crippen molar-refractivity contribution in [2.24, 2.45) is 0 Å². The van der Waals surface area contributed by atoms with Gasteiger partial charge in [0.1, 0.15) is 0 Å². The summed E-state index contributed by atoms with van der Waals surface area (Å²) in [6.07, 6.45) is 2.29. The van der Waals surface area contributed by atoms with E-state index in [2.05, 4.69) is 5.32 Å². The first-order chi connectivity index (χ1) is 10.1. The first kappa shape index (κ1) is 16.3. The molecule has 21 heavy (non-hydrogen) atoms. The van der Waals surface area contributed by atoms with Crippen LogP contribution in [0.3, 0.4) is 0 Å². The maximum atomic E-state index is 12.8. The molecule has 116 valence electrons. The minimum absolute atomic E-state index is 0.0285. The van der Waals surface area contributed by atoms with E-state index in [-0.39, 0.29) is 5.91 Å². The highest BCUT2D eigenvalue weighted by Gasteiger charge is 2.23. The van der Waals surface area contributed by atoms with E-state index in [0.717, 1.165) is 18.5 Å². The van der Waals surface area contributed by atoms with Crippen molar-refractivity contribution < 1.29 is 9.53 Å². The van der Waals surface area contributed by atoms with Gasteiger partial charge in [-0.15, -0.1) is 0 Å². The van der Waals surface area contributed by atoms with Gasteiger partial charge < -0.3 is 15.0 Å². The normalized spacial score (nSPS) is 18.0. The molecule has 1 aliphatic rings. The average molecular weight is 311 g/mol. The Balaban J connectivity index is 2.13. The highest BCUT2D eigenvalue weighted by atomic mass is 35.5. The van der Waals surface area contributed by atoms with Crippen LogP contribution in [-0.2, 0) is 4.74 Å². The first-order valence-electron chi connectivity index (χ1n) is 7.40. The topological polar surface area (TPSA) is 41.6 Å². The fourth-order valence-corrected chi connectivity index (χ4v) is 2.84. The predicted octanol–water partition coefficient (Wildman–Crippen LogP) is 2.49. The molecule has 1 N–H and O–H groups in total. The SMILES string of the molecule is COCCN(CC1CCCN1)C(=O)c1cccc(Cl)c1C. The summed E-state index contributed by atoms with van der Waals surface area (Å²) in [5.41, 5.74) is 1.52. The largest absolute Gasteiger partial charge is 0.383 e. The van der Waals surface area contributed by atoms with Gasteiger partial charge in [-0.3, -0.25) is 4.79 Å². The Morgan fingerprint density at radius 2 is 2.33 bits per heavy atom. The molecular weight excluding hydrogens is 288 g/mol. The molecule has 1 heterocycles. The van der Waals surface area contributed by atoms with Crippen molar-refractivity contribution in [1.29, 1.82) is 0 Å². The lowest BCUT2D eigenvalue weighted by molar-refractivity contribution is 0.0678. The molecule has 0 bridgehead atoms. The molecule has 0 saturated carbocycles. The molecule has 1 unspecified atom stereocenters. The van der Waals surface area contributed by atoms with Gasteiger partial charge in [-0.05, 0) is 44.0 Å². The molecule has 0 spiro atoms. The second-order valence-corrected chi connectivity index (χ2v) is 5.86. The summed E-state index contributed by atoms with van der Waals surface area (Å²) in [5, 5.41) is 4.07. The summed E-state index contributed by atoms with van der Waals surface area (Å²) in [6.45, 7) is 4.77. The highest BCUT2D eigenvalue weighted by Crippen LogP contribution is 2.20. The van der Waals surface area contributed by atoms with Crippen LogP contribution < -0.4 is 5.32 Å². The van der Waals surface area contributed by atoms with Crippen molar-refractivity contribution >= 4 is 17.5 Å². The Hall–Kier alpha value is -1.10. The highest BCUT2D eigenvalue weighted by molar-refractivity contribution is 6.31. The van der Waals surface area contributed by atoms with E-state index in [0.29, 0.717) is 36.3 Å². The van der Waals surface area contributed by atoms with E-state index in [1.54, 1.807) is 7.11 Å². The number of nitrogens with zero attached hydrogens (tertiary/aromatic N) is 1. The Labute approximate surface area is 131 Å². The third kappa shape index (κ3) is 4.19. The minimum atomic E-state index is 0.0285. The second-order valence-electron chi connectivity index (χ2n) is 5.45. The quantitative estimate of drug-likeness (QED) is 0.877. The molecule has 1 saturated heterocycles. The van der Waals surface area contributed by atoms with Gasteiger partial charge in [-0.1, -0.05) is 17.7 Å². The van der Waals surface area contributed by atoms with Crippen LogP contribution in [-0.4, -0.2) is 50.2 Å². The molecule has 0 radical (unpaired) electrons. The second kappa shape index (κ2) is 7.78. The molecule has 5 heteroatoms.